The standard InChI is InChI=1S/C18H22ClNO/c1-4-20-17(15-10-9-13(2)11-14(15)3)12-21-18-8-6-5-7-16(18)19/h5-11,17,20H,4,12H2,1-3H3. The molecule has 2 rings (SSSR count). The maximum Gasteiger partial charge on any atom is 0.137 e. The molecule has 2 nitrogen and oxygen atoms in total. The molecule has 0 amide bonds. The molecule has 2 aromatic rings. The van der Waals surface area contributed by atoms with Crippen molar-refractivity contribution in [3.05, 3.63) is 64.2 Å². The number of likely N-dealkylation sites (N-methyl/N-ethyl adjacent to an activating group) is 1. The van der Waals surface area contributed by atoms with Crippen LogP contribution in [0.25, 0.3) is 0 Å². The van der Waals surface area contributed by atoms with Crippen molar-refractivity contribution in [3.63, 3.8) is 0 Å². The molecule has 0 saturated heterocycles. The number of hydrogen-bond acceptors (Lipinski definition) is 2. The lowest BCUT2D eigenvalue weighted by atomic mass is 9.99. The summed E-state index contributed by atoms with van der Waals surface area (Å²) < 4.78 is 5.90. The van der Waals surface area contributed by atoms with Gasteiger partial charge in [-0.1, -0.05) is 54.4 Å². The predicted molar refractivity (Wildman–Crippen MR) is 89.3 cm³/mol. The Labute approximate surface area is 132 Å². The van der Waals surface area contributed by atoms with E-state index in [-0.39, 0.29) is 6.04 Å². The van der Waals surface area contributed by atoms with E-state index in [0.29, 0.717) is 11.6 Å². The molecule has 0 aliphatic rings. The lowest BCUT2D eigenvalue weighted by Crippen LogP contribution is -2.27. The van der Waals surface area contributed by atoms with Crippen molar-refractivity contribution in [1.29, 1.82) is 0 Å². The second-order valence-electron chi connectivity index (χ2n) is 5.21. The van der Waals surface area contributed by atoms with E-state index in [1.165, 1.54) is 16.7 Å². The third kappa shape index (κ3) is 4.23. The Kier molecular flexibility index (Phi) is 5.66. The van der Waals surface area contributed by atoms with Crippen molar-refractivity contribution in [2.45, 2.75) is 26.8 Å². The Morgan fingerprint density at radius 3 is 2.57 bits per heavy atom. The Morgan fingerprint density at radius 2 is 1.90 bits per heavy atom. The van der Waals surface area contributed by atoms with Gasteiger partial charge in [0, 0.05) is 0 Å². The molecule has 0 saturated carbocycles. The van der Waals surface area contributed by atoms with Gasteiger partial charge in [0.1, 0.15) is 12.4 Å². The maximum atomic E-state index is 6.14. The summed E-state index contributed by atoms with van der Waals surface area (Å²) in [7, 11) is 0. The highest BCUT2D eigenvalue weighted by Gasteiger charge is 2.14. The molecule has 1 N–H and O–H groups in total. The number of hydrogen-bond donors (Lipinski definition) is 1. The Morgan fingerprint density at radius 1 is 1.14 bits per heavy atom. The van der Waals surface area contributed by atoms with Crippen molar-refractivity contribution in [2.75, 3.05) is 13.2 Å². The molecule has 3 heteroatoms. The Hall–Kier alpha value is -1.51. The number of aryl methyl sites for hydroxylation is 2. The topological polar surface area (TPSA) is 21.3 Å². The van der Waals surface area contributed by atoms with Crippen LogP contribution in [0, 0.1) is 13.8 Å². The first kappa shape index (κ1) is 15.9. The van der Waals surface area contributed by atoms with Crippen molar-refractivity contribution in [2.24, 2.45) is 0 Å². The Balaban J connectivity index is 2.14. The molecule has 0 aliphatic carbocycles. The van der Waals surface area contributed by atoms with Gasteiger partial charge in [-0.15, -0.1) is 0 Å². The molecule has 1 unspecified atom stereocenters. The molecule has 0 fully saturated rings. The normalized spacial score (nSPS) is 12.2. The minimum Gasteiger partial charge on any atom is -0.490 e. The highest BCUT2D eigenvalue weighted by molar-refractivity contribution is 6.32. The van der Waals surface area contributed by atoms with Crippen LogP contribution in [0.3, 0.4) is 0 Å². The van der Waals surface area contributed by atoms with Crippen molar-refractivity contribution >= 4 is 11.6 Å². The van der Waals surface area contributed by atoms with Crippen LogP contribution < -0.4 is 10.1 Å². The van der Waals surface area contributed by atoms with E-state index in [0.717, 1.165) is 12.3 Å². The quantitative estimate of drug-likeness (QED) is 0.836. The number of benzene rings is 2. The van der Waals surface area contributed by atoms with E-state index < -0.39 is 0 Å². The number of rotatable bonds is 6. The molecular formula is C18H22ClNO. The van der Waals surface area contributed by atoms with Gasteiger partial charge < -0.3 is 10.1 Å². The van der Waals surface area contributed by atoms with E-state index in [4.69, 9.17) is 16.3 Å². The fraction of sp³-hybridized carbons (Fsp3) is 0.333. The lowest BCUT2D eigenvalue weighted by molar-refractivity contribution is 0.268. The highest BCUT2D eigenvalue weighted by Crippen LogP contribution is 2.25. The second-order valence-corrected chi connectivity index (χ2v) is 5.62. The Bertz CT molecular complexity index is 598. The smallest absolute Gasteiger partial charge is 0.137 e. The first-order chi connectivity index (χ1) is 10.1. The largest absolute Gasteiger partial charge is 0.490 e. The van der Waals surface area contributed by atoms with Crippen LogP contribution in [-0.2, 0) is 0 Å². The molecule has 112 valence electrons. The predicted octanol–water partition coefficient (Wildman–Crippen LogP) is 4.69. The summed E-state index contributed by atoms with van der Waals surface area (Å²) in [5, 5.41) is 4.13. The second kappa shape index (κ2) is 7.48. The van der Waals surface area contributed by atoms with Gasteiger partial charge in [0.25, 0.3) is 0 Å². The number of halogens is 1. The van der Waals surface area contributed by atoms with Crippen LogP contribution in [0.2, 0.25) is 5.02 Å². The lowest BCUT2D eigenvalue weighted by Gasteiger charge is -2.21. The molecule has 0 radical (unpaired) electrons. The van der Waals surface area contributed by atoms with Gasteiger partial charge >= 0.3 is 0 Å². The van der Waals surface area contributed by atoms with Gasteiger partial charge in [-0.2, -0.15) is 0 Å². The molecule has 1 atom stereocenters. The molecule has 0 aliphatic heterocycles. The SMILES string of the molecule is CCNC(COc1ccccc1Cl)c1ccc(C)cc1C. The summed E-state index contributed by atoms with van der Waals surface area (Å²) in [6.45, 7) is 7.80. The number of nitrogens with one attached hydrogen (secondary N) is 1. The van der Waals surface area contributed by atoms with Crippen LogP contribution in [0.15, 0.2) is 42.5 Å². The monoisotopic (exact) mass is 303 g/mol. The molecule has 0 bridgehead atoms. The van der Waals surface area contributed by atoms with Gasteiger partial charge in [-0.25, -0.2) is 0 Å². The molecule has 21 heavy (non-hydrogen) atoms. The summed E-state index contributed by atoms with van der Waals surface area (Å²) in [6.07, 6.45) is 0. The van der Waals surface area contributed by atoms with Crippen LogP contribution in [0.5, 0.6) is 5.75 Å². The van der Waals surface area contributed by atoms with Crippen molar-refractivity contribution in [3.8, 4) is 5.75 Å². The number of para-hydroxylation sites is 1. The summed E-state index contributed by atoms with van der Waals surface area (Å²) >= 11 is 6.14. The van der Waals surface area contributed by atoms with Crippen LogP contribution in [0.4, 0.5) is 0 Å². The van der Waals surface area contributed by atoms with Gasteiger partial charge in [0.05, 0.1) is 11.1 Å². The van der Waals surface area contributed by atoms with Crippen LogP contribution in [0.1, 0.15) is 29.7 Å². The first-order valence-electron chi connectivity index (χ1n) is 7.29. The first-order valence-corrected chi connectivity index (χ1v) is 7.67. The van der Waals surface area contributed by atoms with E-state index >= 15 is 0 Å². The van der Waals surface area contributed by atoms with Gasteiger partial charge in [0.2, 0.25) is 0 Å². The minimum absolute atomic E-state index is 0.159. The van der Waals surface area contributed by atoms with E-state index in [9.17, 15) is 0 Å². The highest BCUT2D eigenvalue weighted by atomic mass is 35.5. The molecular weight excluding hydrogens is 282 g/mol. The average molecular weight is 304 g/mol. The van der Waals surface area contributed by atoms with Crippen LogP contribution in [-0.4, -0.2) is 13.2 Å². The zero-order valence-corrected chi connectivity index (χ0v) is 13.6. The third-order valence-electron chi connectivity index (χ3n) is 3.49. The van der Waals surface area contributed by atoms with Crippen molar-refractivity contribution in [1.82, 2.24) is 5.32 Å². The average Bonchev–Trinajstić information content (AvgIpc) is 2.45. The molecule has 0 heterocycles. The van der Waals surface area contributed by atoms with Gasteiger partial charge in [-0.05, 0) is 43.7 Å². The molecule has 0 spiro atoms. The summed E-state index contributed by atoms with van der Waals surface area (Å²) in [4.78, 5) is 0. The summed E-state index contributed by atoms with van der Waals surface area (Å²) in [5.41, 5.74) is 3.83. The van der Waals surface area contributed by atoms with Gasteiger partial charge in [0.15, 0.2) is 0 Å². The molecule has 0 aromatic heterocycles. The fourth-order valence-electron chi connectivity index (χ4n) is 2.46. The number of ether oxygens (including phenoxy) is 1. The maximum absolute atomic E-state index is 6.14. The zero-order chi connectivity index (χ0) is 15.2. The third-order valence-corrected chi connectivity index (χ3v) is 3.81. The van der Waals surface area contributed by atoms with Gasteiger partial charge in [-0.3, -0.25) is 0 Å². The summed E-state index contributed by atoms with van der Waals surface area (Å²) in [5.74, 6) is 0.729. The molecule has 2 aromatic carbocycles. The fourth-order valence-corrected chi connectivity index (χ4v) is 2.65. The summed E-state index contributed by atoms with van der Waals surface area (Å²) in [6, 6.07) is 14.3. The van der Waals surface area contributed by atoms with Crippen LogP contribution >= 0.6 is 11.6 Å². The van der Waals surface area contributed by atoms with E-state index in [2.05, 4.69) is 44.3 Å². The minimum atomic E-state index is 0.159. The zero-order valence-electron chi connectivity index (χ0n) is 12.8. The van der Waals surface area contributed by atoms with E-state index in [1.807, 2.05) is 24.3 Å². The van der Waals surface area contributed by atoms with Crippen molar-refractivity contribution < 1.29 is 4.74 Å². The van der Waals surface area contributed by atoms with E-state index in [1.54, 1.807) is 0 Å².